The van der Waals surface area contributed by atoms with Crippen molar-refractivity contribution in [3.05, 3.63) is 40.9 Å². The SMILES string of the molecule is CCCCN(c1ccccc1)c1nc(C)c(C(C)O)s1. The highest BCUT2D eigenvalue weighted by atomic mass is 32.1. The Labute approximate surface area is 124 Å². The molecule has 0 saturated carbocycles. The summed E-state index contributed by atoms with van der Waals surface area (Å²) in [6, 6.07) is 10.3. The van der Waals surface area contributed by atoms with Crippen LogP contribution in [0.3, 0.4) is 0 Å². The summed E-state index contributed by atoms with van der Waals surface area (Å²) in [6.07, 6.45) is 1.82. The molecule has 0 fully saturated rings. The van der Waals surface area contributed by atoms with Crippen molar-refractivity contribution in [1.82, 2.24) is 4.98 Å². The molecule has 1 N–H and O–H groups in total. The Hall–Kier alpha value is -1.39. The summed E-state index contributed by atoms with van der Waals surface area (Å²) >= 11 is 1.59. The summed E-state index contributed by atoms with van der Waals surface area (Å²) in [5.74, 6) is 0. The normalized spacial score (nSPS) is 12.4. The first-order chi connectivity index (χ1) is 9.63. The minimum absolute atomic E-state index is 0.454. The number of rotatable bonds is 6. The predicted octanol–water partition coefficient (Wildman–Crippen LogP) is 4.44. The topological polar surface area (TPSA) is 36.4 Å². The lowest BCUT2D eigenvalue weighted by Gasteiger charge is -2.21. The van der Waals surface area contributed by atoms with Crippen molar-refractivity contribution in [2.75, 3.05) is 11.4 Å². The van der Waals surface area contributed by atoms with E-state index < -0.39 is 6.10 Å². The number of thiazole rings is 1. The first-order valence-electron chi connectivity index (χ1n) is 7.11. The molecule has 2 rings (SSSR count). The molecule has 0 radical (unpaired) electrons. The van der Waals surface area contributed by atoms with Gasteiger partial charge in [-0.1, -0.05) is 42.9 Å². The maximum atomic E-state index is 9.80. The number of unbranched alkanes of at least 4 members (excludes halogenated alkanes) is 1. The monoisotopic (exact) mass is 290 g/mol. The van der Waals surface area contributed by atoms with Crippen molar-refractivity contribution in [2.45, 2.75) is 39.7 Å². The Morgan fingerprint density at radius 1 is 1.30 bits per heavy atom. The lowest BCUT2D eigenvalue weighted by Crippen LogP contribution is -2.18. The van der Waals surface area contributed by atoms with Crippen LogP contribution in [0.1, 0.15) is 43.4 Å². The van der Waals surface area contributed by atoms with Gasteiger partial charge in [-0.3, -0.25) is 0 Å². The highest BCUT2D eigenvalue weighted by Crippen LogP contribution is 2.34. The molecule has 0 saturated heterocycles. The van der Waals surface area contributed by atoms with Gasteiger partial charge in [-0.05, 0) is 32.4 Å². The van der Waals surface area contributed by atoms with E-state index in [0.29, 0.717) is 0 Å². The van der Waals surface area contributed by atoms with Crippen LogP contribution in [0, 0.1) is 6.92 Å². The molecule has 0 aliphatic heterocycles. The summed E-state index contributed by atoms with van der Waals surface area (Å²) in [6.45, 7) is 6.90. The Kier molecular flexibility index (Phi) is 5.15. The number of aliphatic hydroxyl groups is 1. The van der Waals surface area contributed by atoms with Gasteiger partial charge >= 0.3 is 0 Å². The van der Waals surface area contributed by atoms with Gasteiger partial charge in [0, 0.05) is 12.2 Å². The number of nitrogens with zero attached hydrogens (tertiary/aromatic N) is 2. The molecule has 2 aromatic rings. The van der Waals surface area contributed by atoms with Crippen molar-refractivity contribution in [2.24, 2.45) is 0 Å². The average molecular weight is 290 g/mol. The molecule has 4 heteroatoms. The Bertz CT molecular complexity index is 537. The number of hydrogen-bond donors (Lipinski definition) is 1. The Morgan fingerprint density at radius 2 is 2.00 bits per heavy atom. The van der Waals surface area contributed by atoms with E-state index in [0.717, 1.165) is 40.8 Å². The van der Waals surface area contributed by atoms with Crippen LogP contribution in [0.15, 0.2) is 30.3 Å². The van der Waals surface area contributed by atoms with Crippen LogP contribution in [-0.2, 0) is 0 Å². The standard InChI is InChI=1S/C16H22N2OS/c1-4-5-11-18(14-9-7-6-8-10-14)16-17-12(2)15(20-16)13(3)19/h6-10,13,19H,4-5,11H2,1-3H3. The third-order valence-electron chi connectivity index (χ3n) is 3.23. The van der Waals surface area contributed by atoms with Crippen LogP contribution in [0.5, 0.6) is 0 Å². The third kappa shape index (κ3) is 3.38. The molecule has 0 aliphatic rings. The molecular formula is C16H22N2OS. The first-order valence-corrected chi connectivity index (χ1v) is 7.93. The number of hydrogen-bond acceptors (Lipinski definition) is 4. The molecular weight excluding hydrogens is 268 g/mol. The van der Waals surface area contributed by atoms with Gasteiger partial charge in [0.05, 0.1) is 16.7 Å². The molecule has 1 heterocycles. The quantitative estimate of drug-likeness (QED) is 0.854. The van der Waals surface area contributed by atoms with Gasteiger partial charge in [-0.25, -0.2) is 4.98 Å². The van der Waals surface area contributed by atoms with E-state index in [1.165, 1.54) is 0 Å². The maximum Gasteiger partial charge on any atom is 0.190 e. The van der Waals surface area contributed by atoms with Gasteiger partial charge in [0.25, 0.3) is 0 Å². The minimum Gasteiger partial charge on any atom is -0.388 e. The van der Waals surface area contributed by atoms with Gasteiger partial charge in [-0.15, -0.1) is 0 Å². The van der Waals surface area contributed by atoms with Crippen molar-refractivity contribution < 1.29 is 5.11 Å². The van der Waals surface area contributed by atoms with Gasteiger partial charge < -0.3 is 10.0 Å². The summed E-state index contributed by atoms with van der Waals surface area (Å²) in [5, 5.41) is 10.8. The van der Waals surface area contributed by atoms with Crippen LogP contribution < -0.4 is 4.90 Å². The zero-order valence-corrected chi connectivity index (χ0v) is 13.2. The average Bonchev–Trinajstić information content (AvgIpc) is 2.82. The van der Waals surface area contributed by atoms with Crippen LogP contribution in [0.2, 0.25) is 0 Å². The number of aromatic nitrogens is 1. The lowest BCUT2D eigenvalue weighted by molar-refractivity contribution is 0.202. The maximum absolute atomic E-state index is 9.80. The van der Waals surface area contributed by atoms with E-state index in [2.05, 4.69) is 28.9 Å². The minimum atomic E-state index is -0.454. The predicted molar refractivity (Wildman–Crippen MR) is 85.8 cm³/mol. The van der Waals surface area contributed by atoms with Gasteiger partial charge in [0.1, 0.15) is 0 Å². The lowest BCUT2D eigenvalue weighted by atomic mass is 10.2. The number of para-hydroxylation sites is 1. The molecule has 1 aromatic heterocycles. The molecule has 1 atom stereocenters. The van der Waals surface area contributed by atoms with E-state index in [4.69, 9.17) is 0 Å². The number of benzene rings is 1. The van der Waals surface area contributed by atoms with Gasteiger partial charge in [0.2, 0.25) is 0 Å². The molecule has 108 valence electrons. The smallest absolute Gasteiger partial charge is 0.190 e. The largest absolute Gasteiger partial charge is 0.388 e. The molecule has 1 unspecified atom stereocenters. The second-order valence-electron chi connectivity index (χ2n) is 4.96. The fourth-order valence-corrected chi connectivity index (χ4v) is 3.21. The Balaban J connectivity index is 2.34. The van der Waals surface area contributed by atoms with Crippen LogP contribution in [0.25, 0.3) is 0 Å². The zero-order valence-electron chi connectivity index (χ0n) is 12.3. The summed E-state index contributed by atoms with van der Waals surface area (Å²) in [5.41, 5.74) is 2.09. The van der Waals surface area contributed by atoms with Gasteiger partial charge in [0.15, 0.2) is 5.13 Å². The van der Waals surface area contributed by atoms with Crippen LogP contribution >= 0.6 is 11.3 Å². The van der Waals surface area contributed by atoms with Crippen LogP contribution in [-0.4, -0.2) is 16.6 Å². The van der Waals surface area contributed by atoms with Crippen molar-refractivity contribution in [3.8, 4) is 0 Å². The number of aliphatic hydroxyl groups excluding tert-OH is 1. The zero-order chi connectivity index (χ0) is 14.5. The fraction of sp³-hybridized carbons (Fsp3) is 0.438. The van der Waals surface area contributed by atoms with Crippen LogP contribution in [0.4, 0.5) is 10.8 Å². The Morgan fingerprint density at radius 3 is 2.55 bits per heavy atom. The molecule has 20 heavy (non-hydrogen) atoms. The van der Waals surface area contributed by atoms with E-state index in [1.54, 1.807) is 18.3 Å². The fourth-order valence-electron chi connectivity index (χ4n) is 2.16. The second kappa shape index (κ2) is 6.86. The van der Waals surface area contributed by atoms with Gasteiger partial charge in [-0.2, -0.15) is 0 Å². The number of aryl methyl sites for hydroxylation is 1. The summed E-state index contributed by atoms with van der Waals surface area (Å²) < 4.78 is 0. The molecule has 0 bridgehead atoms. The molecule has 0 aliphatic carbocycles. The van der Waals surface area contributed by atoms with E-state index in [1.807, 2.05) is 25.1 Å². The molecule has 0 amide bonds. The first kappa shape index (κ1) is 15.0. The highest BCUT2D eigenvalue weighted by Gasteiger charge is 2.17. The van der Waals surface area contributed by atoms with E-state index in [-0.39, 0.29) is 0 Å². The van der Waals surface area contributed by atoms with E-state index >= 15 is 0 Å². The van der Waals surface area contributed by atoms with E-state index in [9.17, 15) is 5.11 Å². The third-order valence-corrected chi connectivity index (χ3v) is 4.59. The van der Waals surface area contributed by atoms with Crippen molar-refractivity contribution in [3.63, 3.8) is 0 Å². The highest BCUT2D eigenvalue weighted by molar-refractivity contribution is 7.15. The second-order valence-corrected chi connectivity index (χ2v) is 5.97. The molecule has 0 spiro atoms. The molecule has 3 nitrogen and oxygen atoms in total. The summed E-state index contributed by atoms with van der Waals surface area (Å²) in [7, 11) is 0. The summed E-state index contributed by atoms with van der Waals surface area (Å²) in [4.78, 5) is 7.85. The van der Waals surface area contributed by atoms with Crippen molar-refractivity contribution in [1.29, 1.82) is 0 Å². The number of anilines is 2. The molecule has 1 aromatic carbocycles. The van der Waals surface area contributed by atoms with Crippen molar-refractivity contribution >= 4 is 22.2 Å².